The van der Waals surface area contributed by atoms with Crippen LogP contribution in [0.5, 0.6) is 11.5 Å². The molecule has 0 aliphatic rings. The first kappa shape index (κ1) is 24.7. The number of H-pyrrole nitrogens is 1. The zero-order chi connectivity index (χ0) is 25.7. The van der Waals surface area contributed by atoms with Crippen LogP contribution in [-0.4, -0.2) is 31.6 Å². The smallest absolute Gasteiger partial charge is 0.274 e. The van der Waals surface area contributed by atoms with Crippen molar-refractivity contribution < 1.29 is 14.6 Å². The average molecular weight is 495 g/mol. The van der Waals surface area contributed by atoms with E-state index in [9.17, 15) is 14.7 Å². The van der Waals surface area contributed by atoms with E-state index in [2.05, 4.69) is 15.3 Å². The van der Waals surface area contributed by atoms with Gasteiger partial charge in [-0.25, -0.2) is 0 Å². The molecule has 0 fully saturated rings. The lowest BCUT2D eigenvalue weighted by Gasteiger charge is -2.14. The number of hydrogen-bond acceptors (Lipinski definition) is 6. The largest absolute Gasteiger partial charge is 0.454 e. The molecule has 0 bridgehead atoms. The van der Waals surface area contributed by atoms with E-state index in [4.69, 9.17) is 4.74 Å². The van der Waals surface area contributed by atoms with Gasteiger partial charge in [0.05, 0.1) is 16.2 Å². The molecule has 0 saturated carbocycles. The molecule has 4 rings (SSSR count). The van der Waals surface area contributed by atoms with Gasteiger partial charge in [-0.3, -0.25) is 14.6 Å². The molecule has 0 aromatic carbocycles. The predicted molar refractivity (Wildman–Crippen MR) is 138 cm³/mol. The van der Waals surface area contributed by atoms with Gasteiger partial charge in [0.2, 0.25) is 0 Å². The van der Waals surface area contributed by atoms with Crippen molar-refractivity contribution in [2.75, 3.05) is 0 Å². The first-order chi connectivity index (χ1) is 16.4. The standard InChI is InChI=1S/C26H30N4O4S/c1-13(2)28-24(31)18-10-16-17(12-30(7)25(32)21(16)29-18)23-19(11-20(35-23)26(5,6)33)34-22-14(3)8-9-27-15(22)4/h8-13,29,33H,1-7H3,(H,28,31). The number of aliphatic hydroxyl groups is 1. The Kier molecular flexibility index (Phi) is 6.33. The summed E-state index contributed by atoms with van der Waals surface area (Å²) in [7, 11) is 1.67. The van der Waals surface area contributed by atoms with Crippen molar-refractivity contribution in [2.45, 2.75) is 53.2 Å². The van der Waals surface area contributed by atoms with Gasteiger partial charge in [0.25, 0.3) is 11.5 Å². The number of aromatic nitrogens is 3. The molecular weight excluding hydrogens is 464 g/mol. The molecule has 4 heterocycles. The second-order valence-electron chi connectivity index (χ2n) is 9.57. The van der Waals surface area contributed by atoms with Crippen LogP contribution in [0.2, 0.25) is 0 Å². The Balaban J connectivity index is 1.96. The molecular formula is C26H30N4O4S. The number of hydrogen-bond donors (Lipinski definition) is 3. The Morgan fingerprint density at radius 1 is 1.29 bits per heavy atom. The highest BCUT2D eigenvalue weighted by molar-refractivity contribution is 7.16. The molecule has 8 nitrogen and oxygen atoms in total. The molecule has 3 N–H and O–H groups in total. The monoisotopic (exact) mass is 494 g/mol. The van der Waals surface area contributed by atoms with Gasteiger partial charge >= 0.3 is 0 Å². The van der Waals surface area contributed by atoms with Crippen LogP contribution in [-0.2, 0) is 12.6 Å². The summed E-state index contributed by atoms with van der Waals surface area (Å²) in [5, 5.41) is 14.2. The summed E-state index contributed by atoms with van der Waals surface area (Å²) in [5.41, 5.74) is 1.69. The average Bonchev–Trinajstić information content (AvgIpc) is 3.38. The Morgan fingerprint density at radius 2 is 2.00 bits per heavy atom. The normalized spacial score (nSPS) is 11.9. The van der Waals surface area contributed by atoms with Crippen molar-refractivity contribution in [1.29, 1.82) is 0 Å². The van der Waals surface area contributed by atoms with Crippen molar-refractivity contribution in [2.24, 2.45) is 7.05 Å². The van der Waals surface area contributed by atoms with E-state index in [1.807, 2.05) is 39.8 Å². The van der Waals surface area contributed by atoms with E-state index in [-0.39, 0.29) is 17.5 Å². The number of nitrogens with one attached hydrogen (secondary N) is 2. The molecule has 0 radical (unpaired) electrons. The van der Waals surface area contributed by atoms with Crippen LogP contribution >= 0.6 is 11.3 Å². The van der Waals surface area contributed by atoms with E-state index < -0.39 is 5.60 Å². The molecule has 0 spiro atoms. The van der Waals surface area contributed by atoms with Crippen LogP contribution < -0.4 is 15.6 Å². The molecule has 0 unspecified atom stereocenters. The third kappa shape index (κ3) is 4.74. The predicted octanol–water partition coefficient (Wildman–Crippen LogP) is 4.76. The number of aryl methyl sites for hydroxylation is 3. The van der Waals surface area contributed by atoms with Gasteiger partial charge < -0.3 is 24.7 Å². The minimum atomic E-state index is -1.10. The maximum absolute atomic E-state index is 12.9. The van der Waals surface area contributed by atoms with Crippen molar-refractivity contribution in [3.05, 3.63) is 62.8 Å². The lowest BCUT2D eigenvalue weighted by molar-refractivity contribution is 0.0824. The van der Waals surface area contributed by atoms with Crippen molar-refractivity contribution >= 4 is 28.1 Å². The van der Waals surface area contributed by atoms with E-state index in [1.54, 1.807) is 39.4 Å². The van der Waals surface area contributed by atoms with Gasteiger partial charge in [0.15, 0.2) is 5.75 Å². The van der Waals surface area contributed by atoms with E-state index in [0.29, 0.717) is 33.0 Å². The van der Waals surface area contributed by atoms with E-state index in [1.165, 1.54) is 15.9 Å². The molecule has 0 atom stereocenters. The summed E-state index contributed by atoms with van der Waals surface area (Å²) < 4.78 is 7.87. The molecule has 1 amide bonds. The second kappa shape index (κ2) is 8.98. The number of thiophene rings is 1. The van der Waals surface area contributed by atoms with Gasteiger partial charge in [-0.15, -0.1) is 11.3 Å². The Labute approximate surface area is 207 Å². The van der Waals surface area contributed by atoms with Crippen molar-refractivity contribution in [3.8, 4) is 21.9 Å². The van der Waals surface area contributed by atoms with Gasteiger partial charge in [0, 0.05) is 41.3 Å². The first-order valence-electron chi connectivity index (χ1n) is 11.4. The number of aromatic amines is 1. The molecule has 184 valence electrons. The fraction of sp³-hybridized carbons (Fsp3) is 0.346. The highest BCUT2D eigenvalue weighted by atomic mass is 32.1. The van der Waals surface area contributed by atoms with E-state index >= 15 is 0 Å². The number of pyridine rings is 2. The minimum Gasteiger partial charge on any atom is -0.454 e. The summed E-state index contributed by atoms with van der Waals surface area (Å²) >= 11 is 1.38. The Hall–Kier alpha value is -3.43. The Bertz CT molecular complexity index is 1470. The number of carbonyl (C=O) groups is 1. The number of ether oxygens (including phenoxy) is 1. The fourth-order valence-corrected chi connectivity index (χ4v) is 4.97. The number of rotatable bonds is 6. The lowest BCUT2D eigenvalue weighted by Crippen LogP contribution is -2.30. The molecule has 4 aromatic heterocycles. The molecule has 4 aromatic rings. The van der Waals surface area contributed by atoms with E-state index in [0.717, 1.165) is 21.7 Å². The van der Waals surface area contributed by atoms with Crippen LogP contribution in [0.25, 0.3) is 21.3 Å². The number of amides is 1. The molecule has 0 aliphatic carbocycles. The molecule has 9 heteroatoms. The van der Waals surface area contributed by atoms with Crippen LogP contribution in [0.3, 0.4) is 0 Å². The topological polar surface area (TPSA) is 109 Å². The van der Waals surface area contributed by atoms with Gasteiger partial charge in [-0.05, 0) is 65.3 Å². The van der Waals surface area contributed by atoms with Gasteiger partial charge in [-0.1, -0.05) is 0 Å². The zero-order valence-electron chi connectivity index (χ0n) is 20.9. The van der Waals surface area contributed by atoms with Gasteiger partial charge in [-0.2, -0.15) is 0 Å². The summed E-state index contributed by atoms with van der Waals surface area (Å²) in [6, 6.07) is 5.34. The molecule has 0 aliphatic heterocycles. The summed E-state index contributed by atoms with van der Waals surface area (Å²) in [5.74, 6) is 0.896. The number of nitrogens with zero attached hydrogens (tertiary/aromatic N) is 2. The quantitative estimate of drug-likeness (QED) is 0.358. The molecule has 0 saturated heterocycles. The zero-order valence-corrected chi connectivity index (χ0v) is 21.8. The van der Waals surface area contributed by atoms with Crippen LogP contribution in [0.15, 0.2) is 35.4 Å². The van der Waals surface area contributed by atoms with Crippen molar-refractivity contribution in [1.82, 2.24) is 19.9 Å². The third-order valence-corrected chi connectivity index (χ3v) is 7.13. The first-order valence-corrected chi connectivity index (χ1v) is 12.2. The van der Waals surface area contributed by atoms with Gasteiger partial charge in [0.1, 0.15) is 17.0 Å². The minimum absolute atomic E-state index is 0.0474. The third-order valence-electron chi connectivity index (χ3n) is 5.67. The lowest BCUT2D eigenvalue weighted by atomic mass is 10.1. The Morgan fingerprint density at radius 3 is 2.63 bits per heavy atom. The number of carbonyl (C=O) groups excluding carboxylic acids is 1. The fourth-order valence-electron chi connectivity index (χ4n) is 3.86. The second-order valence-corrected chi connectivity index (χ2v) is 10.6. The summed E-state index contributed by atoms with van der Waals surface area (Å²) in [6.07, 6.45) is 3.47. The molecule has 35 heavy (non-hydrogen) atoms. The summed E-state index contributed by atoms with van der Waals surface area (Å²) in [6.45, 7) is 11.0. The van der Waals surface area contributed by atoms with Crippen LogP contribution in [0, 0.1) is 13.8 Å². The van der Waals surface area contributed by atoms with Crippen LogP contribution in [0.1, 0.15) is 54.3 Å². The number of fused-ring (bicyclic) bond motifs is 1. The van der Waals surface area contributed by atoms with Crippen molar-refractivity contribution in [3.63, 3.8) is 0 Å². The summed E-state index contributed by atoms with van der Waals surface area (Å²) in [4.78, 5) is 34.4. The highest BCUT2D eigenvalue weighted by Crippen LogP contribution is 2.46. The van der Waals surface area contributed by atoms with Crippen LogP contribution in [0.4, 0.5) is 0 Å². The SMILES string of the molecule is Cc1ccnc(C)c1Oc1cc(C(C)(C)O)sc1-c1cn(C)c(=O)c2[nH]c(C(=O)NC(C)C)cc12. The highest BCUT2D eigenvalue weighted by Gasteiger charge is 2.26. The maximum atomic E-state index is 12.9. The maximum Gasteiger partial charge on any atom is 0.274 e.